The summed E-state index contributed by atoms with van der Waals surface area (Å²) in [5.41, 5.74) is 1.40. The molecular weight excluding hydrogens is 239 g/mol. The summed E-state index contributed by atoms with van der Waals surface area (Å²) in [7, 11) is 0. The molecule has 2 amide bonds. The lowest BCUT2D eigenvalue weighted by atomic mass is 10.2. The van der Waals surface area contributed by atoms with Gasteiger partial charge in [0.25, 0.3) is 0 Å². The van der Waals surface area contributed by atoms with Crippen LogP contribution in [0, 0.1) is 6.92 Å². The molecule has 82 valence electrons. The quantitative estimate of drug-likeness (QED) is 0.704. The van der Waals surface area contributed by atoms with Gasteiger partial charge in [0.15, 0.2) is 0 Å². The van der Waals surface area contributed by atoms with E-state index in [1.807, 2.05) is 6.07 Å². The van der Waals surface area contributed by atoms with Crippen LogP contribution in [0.15, 0.2) is 24.3 Å². The standard InChI is InChI=1S/C8H10ClN2O3P/c1-6-4-2-3-5-7(6)10-8(12)11-15(9,13)14/h2-5H,1H3,(H3,10,11,12,13,14). The second kappa shape index (κ2) is 4.66. The van der Waals surface area contributed by atoms with Crippen LogP contribution in [0.1, 0.15) is 5.56 Å². The minimum absolute atomic E-state index is 0.556. The number of amides is 2. The highest BCUT2D eigenvalue weighted by molar-refractivity contribution is 7.83. The van der Waals surface area contributed by atoms with Crippen molar-refractivity contribution in [2.24, 2.45) is 0 Å². The van der Waals surface area contributed by atoms with Gasteiger partial charge < -0.3 is 10.2 Å². The number of carbonyl (C=O) groups is 1. The predicted molar refractivity (Wildman–Crippen MR) is 59.0 cm³/mol. The second-order valence-electron chi connectivity index (χ2n) is 2.88. The summed E-state index contributed by atoms with van der Waals surface area (Å²) in [6.45, 7) is -2.26. The van der Waals surface area contributed by atoms with E-state index >= 15 is 0 Å². The Hall–Kier alpha value is -1.03. The number of urea groups is 1. The van der Waals surface area contributed by atoms with Gasteiger partial charge in [-0.15, -0.1) is 0 Å². The molecule has 7 heteroatoms. The van der Waals surface area contributed by atoms with E-state index < -0.39 is 12.9 Å². The van der Waals surface area contributed by atoms with Crippen molar-refractivity contribution in [2.75, 3.05) is 5.32 Å². The maximum absolute atomic E-state index is 11.1. The van der Waals surface area contributed by atoms with Crippen LogP contribution in [-0.4, -0.2) is 10.9 Å². The van der Waals surface area contributed by atoms with E-state index in [9.17, 15) is 9.36 Å². The SMILES string of the molecule is Cc1ccccc1NC(=O)NP(=O)(O)Cl. The molecule has 0 bridgehead atoms. The summed E-state index contributed by atoms with van der Waals surface area (Å²) in [4.78, 5) is 19.8. The van der Waals surface area contributed by atoms with E-state index in [0.29, 0.717) is 5.69 Å². The van der Waals surface area contributed by atoms with Gasteiger partial charge in [0.1, 0.15) is 0 Å². The Morgan fingerprint density at radius 2 is 2.07 bits per heavy atom. The summed E-state index contributed by atoms with van der Waals surface area (Å²) >= 11 is 4.97. The van der Waals surface area contributed by atoms with Crippen LogP contribution < -0.4 is 10.4 Å². The summed E-state index contributed by atoms with van der Waals surface area (Å²) in [5.74, 6) is 0. The van der Waals surface area contributed by atoms with E-state index in [1.165, 1.54) is 0 Å². The van der Waals surface area contributed by atoms with Gasteiger partial charge in [0, 0.05) is 5.69 Å². The fourth-order valence-electron chi connectivity index (χ4n) is 0.989. The van der Waals surface area contributed by atoms with Gasteiger partial charge in [0.05, 0.1) is 0 Å². The first-order valence-electron chi connectivity index (χ1n) is 4.06. The molecule has 1 aromatic rings. The zero-order valence-electron chi connectivity index (χ0n) is 7.90. The molecule has 15 heavy (non-hydrogen) atoms. The van der Waals surface area contributed by atoms with E-state index in [2.05, 4.69) is 5.32 Å². The van der Waals surface area contributed by atoms with Crippen molar-refractivity contribution < 1.29 is 14.3 Å². The van der Waals surface area contributed by atoms with E-state index in [0.717, 1.165) is 5.56 Å². The Labute approximate surface area is 91.7 Å². The number of nitrogens with one attached hydrogen (secondary N) is 2. The molecule has 0 aliphatic rings. The third kappa shape index (κ3) is 4.34. The van der Waals surface area contributed by atoms with Gasteiger partial charge in [-0.3, -0.25) is 5.09 Å². The molecule has 0 heterocycles. The van der Waals surface area contributed by atoms with Crippen molar-refractivity contribution in [2.45, 2.75) is 6.92 Å². The molecule has 0 aromatic heterocycles. The molecular formula is C8H10ClN2O3P. The molecule has 1 aromatic carbocycles. The van der Waals surface area contributed by atoms with Gasteiger partial charge in [-0.25, -0.2) is 9.36 Å². The third-order valence-electron chi connectivity index (χ3n) is 1.63. The normalized spacial score (nSPS) is 14.1. The Kier molecular flexibility index (Phi) is 3.74. The highest BCUT2D eigenvalue weighted by atomic mass is 35.7. The van der Waals surface area contributed by atoms with Crippen molar-refractivity contribution in [3.05, 3.63) is 29.8 Å². The molecule has 3 N–H and O–H groups in total. The molecule has 0 radical (unpaired) electrons. The number of hydrogen-bond acceptors (Lipinski definition) is 2. The lowest BCUT2D eigenvalue weighted by Gasteiger charge is -2.09. The lowest BCUT2D eigenvalue weighted by Crippen LogP contribution is -2.24. The van der Waals surface area contributed by atoms with Gasteiger partial charge in [-0.1, -0.05) is 18.2 Å². The third-order valence-corrected chi connectivity index (χ3v) is 2.37. The van der Waals surface area contributed by atoms with Crippen LogP contribution in [0.25, 0.3) is 0 Å². The van der Waals surface area contributed by atoms with Gasteiger partial charge in [-0.05, 0) is 29.8 Å². The monoisotopic (exact) mass is 248 g/mol. The zero-order valence-corrected chi connectivity index (χ0v) is 9.55. The van der Waals surface area contributed by atoms with E-state index in [1.54, 1.807) is 30.2 Å². The van der Waals surface area contributed by atoms with E-state index in [-0.39, 0.29) is 0 Å². The first-order valence-corrected chi connectivity index (χ1v) is 6.62. The lowest BCUT2D eigenvalue weighted by molar-refractivity contribution is 0.256. The van der Waals surface area contributed by atoms with Crippen molar-refractivity contribution in [3.63, 3.8) is 0 Å². The molecule has 1 atom stereocenters. The van der Waals surface area contributed by atoms with Crippen molar-refractivity contribution in [1.29, 1.82) is 0 Å². The predicted octanol–water partition coefficient (Wildman–Crippen LogP) is 2.46. The van der Waals surface area contributed by atoms with Crippen LogP contribution >= 0.6 is 18.1 Å². The Morgan fingerprint density at radius 3 is 2.60 bits per heavy atom. The highest BCUT2D eigenvalue weighted by Crippen LogP contribution is 2.40. The minimum atomic E-state index is -4.06. The van der Waals surface area contributed by atoms with E-state index in [4.69, 9.17) is 16.1 Å². The fraction of sp³-hybridized carbons (Fsp3) is 0.125. The number of anilines is 1. The number of aryl methyl sites for hydroxylation is 1. The van der Waals surface area contributed by atoms with Crippen LogP contribution in [0.5, 0.6) is 0 Å². The number of halogens is 1. The Bertz CT molecular complexity index is 418. The molecule has 0 aliphatic carbocycles. The number of carbonyl (C=O) groups excluding carboxylic acids is 1. The van der Waals surface area contributed by atoms with Crippen molar-refractivity contribution in [3.8, 4) is 0 Å². The molecule has 0 aliphatic heterocycles. The Balaban J connectivity index is 2.68. The number of benzene rings is 1. The Morgan fingerprint density at radius 1 is 1.47 bits per heavy atom. The van der Waals surface area contributed by atoms with Crippen LogP contribution in [-0.2, 0) is 4.57 Å². The summed E-state index contributed by atoms with van der Waals surface area (Å²) in [6.07, 6.45) is 0. The topological polar surface area (TPSA) is 78.4 Å². The van der Waals surface area contributed by atoms with Crippen molar-refractivity contribution >= 4 is 29.8 Å². The number of para-hydroxylation sites is 1. The largest absolute Gasteiger partial charge is 0.386 e. The summed E-state index contributed by atoms with van der Waals surface area (Å²) in [6, 6.07) is 6.21. The van der Waals surface area contributed by atoms with Gasteiger partial charge in [-0.2, -0.15) is 0 Å². The average molecular weight is 249 g/mol. The van der Waals surface area contributed by atoms with Crippen LogP contribution in [0.3, 0.4) is 0 Å². The zero-order chi connectivity index (χ0) is 11.5. The average Bonchev–Trinajstić information content (AvgIpc) is 2.05. The fourth-order valence-corrected chi connectivity index (χ4v) is 1.53. The second-order valence-corrected chi connectivity index (χ2v) is 5.49. The van der Waals surface area contributed by atoms with Crippen LogP contribution in [0.2, 0.25) is 0 Å². The number of hydrogen-bond donors (Lipinski definition) is 3. The molecule has 1 rings (SSSR count). The number of rotatable bonds is 2. The minimum Gasteiger partial charge on any atom is -0.318 e. The van der Waals surface area contributed by atoms with Gasteiger partial charge in [0.2, 0.25) is 0 Å². The highest BCUT2D eigenvalue weighted by Gasteiger charge is 2.16. The molecule has 0 saturated heterocycles. The summed E-state index contributed by atoms with van der Waals surface area (Å²) in [5, 5.41) is 4.12. The molecule has 0 fully saturated rings. The molecule has 5 nitrogen and oxygen atoms in total. The van der Waals surface area contributed by atoms with Gasteiger partial charge >= 0.3 is 12.9 Å². The maximum atomic E-state index is 11.1. The molecule has 0 spiro atoms. The first-order chi connectivity index (χ1) is 6.88. The summed E-state index contributed by atoms with van der Waals surface area (Å²) < 4.78 is 10.6. The molecule has 0 saturated carbocycles. The molecule has 1 unspecified atom stereocenters. The maximum Gasteiger partial charge on any atom is 0.386 e. The van der Waals surface area contributed by atoms with Crippen molar-refractivity contribution in [1.82, 2.24) is 5.09 Å². The smallest absolute Gasteiger partial charge is 0.318 e. The van der Waals surface area contributed by atoms with Crippen LogP contribution in [0.4, 0.5) is 10.5 Å². The first kappa shape index (κ1) is 12.0.